The van der Waals surface area contributed by atoms with Crippen LogP contribution in [0.3, 0.4) is 0 Å². The molecule has 25 heavy (non-hydrogen) atoms. The summed E-state index contributed by atoms with van der Waals surface area (Å²) in [5.41, 5.74) is -1.47. The zero-order valence-electron chi connectivity index (χ0n) is 13.9. The average Bonchev–Trinajstić information content (AvgIpc) is 2.92. The number of phenolic OH excluding ortho intramolecular Hbond substituents is 2. The van der Waals surface area contributed by atoms with Crippen molar-refractivity contribution in [2.75, 3.05) is 0 Å². The maximum absolute atomic E-state index is 12.2. The molecule has 7 heteroatoms. The van der Waals surface area contributed by atoms with Gasteiger partial charge in [0.1, 0.15) is 28.4 Å². The Bertz CT molecular complexity index is 935. The first-order valence-corrected chi connectivity index (χ1v) is 7.50. The van der Waals surface area contributed by atoms with Crippen LogP contribution < -0.4 is 4.74 Å². The summed E-state index contributed by atoms with van der Waals surface area (Å²) in [5, 5.41) is 29.9. The van der Waals surface area contributed by atoms with Crippen LogP contribution >= 0.6 is 0 Å². The van der Waals surface area contributed by atoms with Crippen molar-refractivity contribution >= 4 is 23.1 Å². The van der Waals surface area contributed by atoms with E-state index in [1.807, 2.05) is 0 Å². The van der Waals surface area contributed by atoms with Crippen LogP contribution in [0.15, 0.2) is 17.7 Å². The maximum Gasteiger partial charge on any atom is 0.339 e. The topological polar surface area (TPSA) is 121 Å². The third kappa shape index (κ3) is 1.89. The molecule has 0 saturated carbocycles. The number of hydrogen-bond acceptors (Lipinski definition) is 6. The van der Waals surface area contributed by atoms with Gasteiger partial charge in [-0.15, -0.1) is 0 Å². The third-order valence-corrected chi connectivity index (χ3v) is 4.94. The van der Waals surface area contributed by atoms with Gasteiger partial charge in [-0.05, 0) is 26.3 Å². The summed E-state index contributed by atoms with van der Waals surface area (Å²) in [6, 6.07) is 0. The molecule has 0 fully saturated rings. The van der Waals surface area contributed by atoms with Crippen molar-refractivity contribution in [2.24, 2.45) is 0 Å². The monoisotopic (exact) mass is 344 g/mol. The molecule has 0 aromatic heterocycles. The Morgan fingerprint density at radius 1 is 1.20 bits per heavy atom. The van der Waals surface area contributed by atoms with Gasteiger partial charge in [-0.3, -0.25) is 9.59 Å². The predicted octanol–water partition coefficient (Wildman–Crippen LogP) is 2.13. The minimum atomic E-state index is -1.48. The molecule has 0 saturated heterocycles. The third-order valence-electron chi connectivity index (χ3n) is 4.94. The number of carbonyl (C=O) groups excluding carboxylic acids is 2. The van der Waals surface area contributed by atoms with Crippen LogP contribution in [-0.4, -0.2) is 38.5 Å². The fourth-order valence-electron chi connectivity index (χ4n) is 3.56. The zero-order chi connectivity index (χ0) is 18.8. The normalized spacial score (nSPS) is 21.7. The van der Waals surface area contributed by atoms with Gasteiger partial charge in [-0.2, -0.15) is 0 Å². The highest BCUT2D eigenvalue weighted by Crippen LogP contribution is 2.58. The minimum absolute atomic E-state index is 0.0789. The number of aliphatic carboxylic acids is 1. The molecular formula is C18H16O7. The van der Waals surface area contributed by atoms with Gasteiger partial charge in [0.15, 0.2) is 17.2 Å². The van der Waals surface area contributed by atoms with Gasteiger partial charge in [-0.25, -0.2) is 4.79 Å². The van der Waals surface area contributed by atoms with Gasteiger partial charge in [0.25, 0.3) is 0 Å². The second-order valence-corrected chi connectivity index (χ2v) is 6.27. The van der Waals surface area contributed by atoms with E-state index in [0.29, 0.717) is 0 Å². The average molecular weight is 344 g/mol. The van der Waals surface area contributed by atoms with Crippen molar-refractivity contribution in [2.45, 2.75) is 32.8 Å². The van der Waals surface area contributed by atoms with Crippen molar-refractivity contribution < 1.29 is 34.4 Å². The molecule has 0 unspecified atom stereocenters. The molecule has 1 aliphatic heterocycles. The molecule has 0 amide bonds. The summed E-state index contributed by atoms with van der Waals surface area (Å²) in [5.74, 6) is -3.31. The van der Waals surface area contributed by atoms with Crippen LogP contribution in [0.1, 0.15) is 41.8 Å². The first-order chi connectivity index (χ1) is 11.5. The van der Waals surface area contributed by atoms with E-state index in [4.69, 9.17) is 4.74 Å². The van der Waals surface area contributed by atoms with Crippen molar-refractivity contribution in [1.82, 2.24) is 0 Å². The molecule has 1 spiro atoms. The summed E-state index contributed by atoms with van der Waals surface area (Å²) < 4.78 is 5.86. The molecule has 3 rings (SSSR count). The van der Waals surface area contributed by atoms with Gasteiger partial charge in [-0.1, -0.05) is 6.58 Å². The predicted molar refractivity (Wildman–Crippen MR) is 86.9 cm³/mol. The molecular weight excluding hydrogens is 328 g/mol. The van der Waals surface area contributed by atoms with Gasteiger partial charge < -0.3 is 20.1 Å². The summed E-state index contributed by atoms with van der Waals surface area (Å²) in [7, 11) is 0. The van der Waals surface area contributed by atoms with E-state index in [0.717, 1.165) is 0 Å². The number of Topliss-reactive ketones (excluding diaryl/α,β-unsaturated/α-hetero) is 2. The number of ether oxygens (including phenoxy) is 1. The van der Waals surface area contributed by atoms with Gasteiger partial charge in [0, 0.05) is 11.1 Å². The molecule has 0 radical (unpaired) electrons. The van der Waals surface area contributed by atoms with Crippen LogP contribution in [0.5, 0.6) is 17.2 Å². The Kier molecular flexibility index (Phi) is 3.32. The Morgan fingerprint density at radius 3 is 2.28 bits per heavy atom. The first kappa shape index (κ1) is 16.8. The Labute approximate surface area is 142 Å². The summed E-state index contributed by atoms with van der Waals surface area (Å²) in [4.78, 5) is 35.6. The van der Waals surface area contributed by atoms with E-state index >= 15 is 0 Å². The van der Waals surface area contributed by atoms with Crippen molar-refractivity contribution in [3.63, 3.8) is 0 Å². The van der Waals surface area contributed by atoms with E-state index in [2.05, 4.69) is 6.58 Å². The number of phenols is 2. The maximum atomic E-state index is 12.2. The van der Waals surface area contributed by atoms with Crippen molar-refractivity contribution in [3.05, 3.63) is 34.4 Å². The van der Waals surface area contributed by atoms with E-state index in [1.54, 1.807) is 0 Å². The van der Waals surface area contributed by atoms with Crippen LogP contribution in [-0.2, 0) is 9.59 Å². The Hall–Kier alpha value is -3.09. The Morgan fingerprint density at radius 2 is 1.80 bits per heavy atom. The van der Waals surface area contributed by atoms with Gasteiger partial charge >= 0.3 is 5.97 Å². The molecule has 7 nitrogen and oxygen atoms in total. The summed E-state index contributed by atoms with van der Waals surface area (Å²) in [6.45, 7) is 7.99. The SMILES string of the molecule is C=C1c2c(O)c(C)c(O)c(C(C)=O)c2O[C@@]12CC(=O)C(C(=O)O)=C2C. The Balaban J connectivity index is 2.33. The number of fused-ring (bicyclic) bond motifs is 1. The molecule has 1 heterocycles. The zero-order valence-corrected chi connectivity index (χ0v) is 13.9. The second kappa shape index (κ2) is 4.95. The van der Waals surface area contributed by atoms with Crippen LogP contribution in [0.25, 0.3) is 5.57 Å². The highest BCUT2D eigenvalue weighted by molar-refractivity contribution is 6.21. The lowest BCUT2D eigenvalue weighted by Crippen LogP contribution is -2.32. The van der Waals surface area contributed by atoms with E-state index in [-0.39, 0.29) is 45.8 Å². The highest BCUT2D eigenvalue weighted by Gasteiger charge is 2.55. The number of benzene rings is 1. The number of rotatable bonds is 2. The number of carboxylic acid groups (broad SMARTS) is 1. The highest BCUT2D eigenvalue weighted by atomic mass is 16.5. The lowest BCUT2D eigenvalue weighted by Gasteiger charge is -2.26. The fraction of sp³-hybridized carbons (Fsp3) is 0.278. The summed E-state index contributed by atoms with van der Waals surface area (Å²) >= 11 is 0. The van der Waals surface area contributed by atoms with Crippen molar-refractivity contribution in [3.8, 4) is 17.2 Å². The smallest absolute Gasteiger partial charge is 0.339 e. The van der Waals surface area contributed by atoms with E-state index in [1.165, 1.54) is 20.8 Å². The molecule has 130 valence electrons. The molecule has 1 aromatic carbocycles. The lowest BCUT2D eigenvalue weighted by atomic mass is 9.84. The second-order valence-electron chi connectivity index (χ2n) is 6.27. The lowest BCUT2D eigenvalue weighted by molar-refractivity contribution is -0.134. The molecule has 2 aliphatic rings. The number of carboxylic acids is 1. The quantitative estimate of drug-likeness (QED) is 0.555. The summed E-state index contributed by atoms with van der Waals surface area (Å²) in [6.07, 6.45) is -0.301. The van der Waals surface area contributed by atoms with Crippen LogP contribution in [0.4, 0.5) is 0 Å². The van der Waals surface area contributed by atoms with Crippen LogP contribution in [0.2, 0.25) is 0 Å². The standard InChI is InChI=1S/C18H16O7/c1-6-14(21)12-8(3)18(5-10(20)11(7(18)2)17(23)24)25-16(12)13(9(4)19)15(6)22/h21-22H,3,5H2,1-2,4H3,(H,23,24)/t18-/m1/s1. The van der Waals surface area contributed by atoms with Crippen molar-refractivity contribution in [1.29, 1.82) is 0 Å². The molecule has 1 aliphatic carbocycles. The fourth-order valence-corrected chi connectivity index (χ4v) is 3.56. The molecule has 1 atom stereocenters. The van der Waals surface area contributed by atoms with Gasteiger partial charge in [0.2, 0.25) is 0 Å². The number of hydrogen-bond donors (Lipinski definition) is 3. The number of ketones is 2. The minimum Gasteiger partial charge on any atom is -0.507 e. The molecule has 1 aromatic rings. The molecule has 3 N–H and O–H groups in total. The van der Waals surface area contributed by atoms with Crippen LogP contribution in [0, 0.1) is 6.92 Å². The number of carbonyl (C=O) groups is 3. The van der Waals surface area contributed by atoms with Gasteiger partial charge in [0.05, 0.1) is 12.0 Å². The largest absolute Gasteiger partial charge is 0.507 e. The number of aromatic hydroxyl groups is 2. The van der Waals surface area contributed by atoms with E-state index in [9.17, 15) is 29.7 Å². The molecule has 0 bridgehead atoms. The first-order valence-electron chi connectivity index (χ1n) is 7.50. The van der Waals surface area contributed by atoms with E-state index < -0.39 is 34.5 Å².